The second kappa shape index (κ2) is 13.9. The van der Waals surface area contributed by atoms with Crippen molar-refractivity contribution in [2.24, 2.45) is 0 Å². The summed E-state index contributed by atoms with van der Waals surface area (Å²) in [5.41, 5.74) is 3.27. The van der Waals surface area contributed by atoms with E-state index in [4.69, 9.17) is 17.5 Å². The summed E-state index contributed by atoms with van der Waals surface area (Å²) in [6.45, 7) is 8.42. The van der Waals surface area contributed by atoms with Crippen molar-refractivity contribution in [2.45, 2.75) is 58.9 Å². The summed E-state index contributed by atoms with van der Waals surface area (Å²) < 4.78 is 31.6. The molecule has 0 radical (unpaired) electrons. The Hall–Kier alpha value is -1.23. The Morgan fingerprint density at radius 3 is 2.25 bits per heavy atom. The number of likely N-dealkylation sites (tertiary alicyclic amines) is 1. The van der Waals surface area contributed by atoms with Gasteiger partial charge < -0.3 is 10.8 Å². The number of carbonyl (C=O) groups is 1. The summed E-state index contributed by atoms with van der Waals surface area (Å²) in [6.07, 6.45) is 5.72. The molecule has 1 aromatic carbocycles. The number of hydrogen-bond donors (Lipinski definition) is 3. The second-order valence-corrected chi connectivity index (χ2v) is 7.50. The third-order valence-electron chi connectivity index (χ3n) is 4.44. The zero-order chi connectivity index (χ0) is 19.7. The van der Waals surface area contributed by atoms with E-state index < -0.39 is 10.4 Å². The fraction of sp³-hybridized carbons (Fsp3) is 0.611. The van der Waals surface area contributed by atoms with Crippen LogP contribution in [0.25, 0.3) is 0 Å². The third-order valence-corrected chi connectivity index (χ3v) is 4.44. The second-order valence-electron chi connectivity index (χ2n) is 6.60. The van der Waals surface area contributed by atoms with Crippen molar-refractivity contribution in [3.8, 4) is 0 Å². The molecular weight excluding hydrogens is 408 g/mol. The number of amides is 1. The molecule has 1 aliphatic rings. The lowest BCUT2D eigenvalue weighted by Gasteiger charge is -2.34. The quantitative estimate of drug-likeness (QED) is 0.601. The zero-order valence-electron chi connectivity index (χ0n) is 16.6. The highest BCUT2D eigenvalue weighted by Crippen LogP contribution is 2.23. The molecule has 1 heterocycles. The molecule has 0 aromatic heterocycles. The largest absolute Gasteiger partial charge is 0.412 e. The number of nitrogens with one attached hydrogen (secondary N) is 1. The average Bonchev–Trinajstić information content (AvgIpc) is 2.55. The Balaban J connectivity index is 0. The number of halogens is 1. The molecule has 1 amide bonds. The molecule has 10 heteroatoms. The molecule has 0 saturated carbocycles. The van der Waals surface area contributed by atoms with Crippen LogP contribution in [0, 0.1) is 13.8 Å². The molecule has 1 aliphatic heterocycles. The van der Waals surface area contributed by atoms with Crippen molar-refractivity contribution < 1.29 is 27.8 Å². The summed E-state index contributed by atoms with van der Waals surface area (Å²) in [5.74, 6) is 0.170. The molecule has 5 N–H and O–H groups in total. The van der Waals surface area contributed by atoms with E-state index in [0.717, 1.165) is 42.7 Å². The molecule has 0 spiro atoms. The van der Waals surface area contributed by atoms with Crippen LogP contribution in [0.1, 0.15) is 50.2 Å². The van der Waals surface area contributed by atoms with Crippen molar-refractivity contribution in [1.29, 1.82) is 0 Å². The van der Waals surface area contributed by atoms with Gasteiger partial charge in [0.2, 0.25) is 5.91 Å². The molecule has 0 bridgehead atoms. The minimum atomic E-state index is -4.67. The zero-order valence-corrected chi connectivity index (χ0v) is 18.3. The van der Waals surface area contributed by atoms with E-state index in [1.807, 2.05) is 6.07 Å². The van der Waals surface area contributed by atoms with Crippen LogP contribution in [0.15, 0.2) is 18.2 Å². The molecule has 28 heavy (non-hydrogen) atoms. The Kier molecular flexibility index (Phi) is 14.3. The van der Waals surface area contributed by atoms with Crippen LogP contribution >= 0.6 is 12.4 Å². The number of para-hydroxylation sites is 1. The molecule has 1 aromatic rings. The maximum Gasteiger partial charge on any atom is 0.394 e. The Morgan fingerprint density at radius 2 is 1.75 bits per heavy atom. The monoisotopic (exact) mass is 440 g/mol. The fourth-order valence-electron chi connectivity index (χ4n) is 3.13. The van der Waals surface area contributed by atoms with Crippen LogP contribution in [0.5, 0.6) is 0 Å². The number of rotatable bonds is 5. The number of benzene rings is 1. The summed E-state index contributed by atoms with van der Waals surface area (Å²) in [7, 11) is -4.67. The Morgan fingerprint density at radius 1 is 1.21 bits per heavy atom. The summed E-state index contributed by atoms with van der Waals surface area (Å²) in [6, 6.07) is 6.19. The third kappa shape index (κ3) is 10.9. The van der Waals surface area contributed by atoms with Gasteiger partial charge in [-0.2, -0.15) is 8.42 Å². The van der Waals surface area contributed by atoms with Crippen LogP contribution in [0.2, 0.25) is 0 Å². The number of unbranched alkanes of at least 4 members (excludes halogenated alkanes) is 1. The normalized spacial score (nSPS) is 16.7. The van der Waals surface area contributed by atoms with E-state index in [-0.39, 0.29) is 29.8 Å². The molecule has 164 valence electrons. The summed E-state index contributed by atoms with van der Waals surface area (Å²) in [5, 5.41) is 3.17. The Bertz CT molecular complexity index is 671. The van der Waals surface area contributed by atoms with Crippen molar-refractivity contribution in [3.05, 3.63) is 29.3 Å². The van der Waals surface area contributed by atoms with Gasteiger partial charge in [0, 0.05) is 5.69 Å². The first-order valence-electron chi connectivity index (χ1n) is 8.94. The smallest absolute Gasteiger partial charge is 0.394 e. The van der Waals surface area contributed by atoms with Gasteiger partial charge in [0.15, 0.2) is 0 Å². The van der Waals surface area contributed by atoms with Crippen molar-refractivity contribution in [3.63, 3.8) is 0 Å². The lowest BCUT2D eigenvalue weighted by molar-refractivity contribution is -0.122. The summed E-state index contributed by atoms with van der Waals surface area (Å²) in [4.78, 5) is 15.1. The molecule has 2 rings (SSSR count). The van der Waals surface area contributed by atoms with Crippen molar-refractivity contribution >= 4 is 34.4 Å². The number of hydrogen-bond acceptors (Lipinski definition) is 4. The van der Waals surface area contributed by atoms with Gasteiger partial charge >= 0.3 is 10.4 Å². The van der Waals surface area contributed by atoms with Gasteiger partial charge in [0.1, 0.15) is 0 Å². The molecule has 1 atom stereocenters. The van der Waals surface area contributed by atoms with E-state index in [9.17, 15) is 4.79 Å². The fourth-order valence-corrected chi connectivity index (χ4v) is 3.13. The van der Waals surface area contributed by atoms with Crippen LogP contribution in [-0.4, -0.2) is 52.9 Å². The number of carbonyl (C=O) groups excluding carboxylic acids is 1. The van der Waals surface area contributed by atoms with E-state index in [1.54, 1.807) is 0 Å². The first-order valence-corrected chi connectivity index (χ1v) is 10.3. The van der Waals surface area contributed by atoms with Crippen molar-refractivity contribution in [1.82, 2.24) is 4.90 Å². The maximum atomic E-state index is 12.7. The predicted octanol–water partition coefficient (Wildman–Crippen LogP) is 2.84. The lowest BCUT2D eigenvalue weighted by Crippen LogP contribution is -2.47. The first kappa shape index (κ1) is 29.0. The van der Waals surface area contributed by atoms with Crippen LogP contribution in [0.4, 0.5) is 5.69 Å². The van der Waals surface area contributed by atoms with Gasteiger partial charge in [0.25, 0.3) is 0 Å². The number of aryl methyl sites for hydroxylation is 2. The minimum Gasteiger partial charge on any atom is -0.412 e. The van der Waals surface area contributed by atoms with E-state index in [2.05, 4.69) is 43.1 Å². The van der Waals surface area contributed by atoms with Crippen LogP contribution in [0.3, 0.4) is 0 Å². The van der Waals surface area contributed by atoms with Crippen LogP contribution < -0.4 is 5.32 Å². The van der Waals surface area contributed by atoms with Gasteiger partial charge in [-0.25, -0.2) is 0 Å². The highest BCUT2D eigenvalue weighted by Gasteiger charge is 2.28. The molecule has 0 aliphatic carbocycles. The van der Waals surface area contributed by atoms with Gasteiger partial charge in [0.05, 0.1) is 6.04 Å². The number of anilines is 1. The van der Waals surface area contributed by atoms with E-state index in [0.29, 0.717) is 0 Å². The highest BCUT2D eigenvalue weighted by atomic mass is 35.5. The minimum absolute atomic E-state index is 0. The molecule has 8 nitrogen and oxygen atoms in total. The van der Waals surface area contributed by atoms with Gasteiger partial charge in [-0.3, -0.25) is 18.8 Å². The standard InChI is InChI=1S/C18H28N2O.ClH.H2O4S.H2O/c1-4-5-12-20-13-7-6-11-16(20)18(21)19-17-14(2)9-8-10-15(17)3;;1-5(2,3)4;/h8-10,16H,4-7,11-13H2,1-3H3,(H,19,21);1H;(H2,1,2,3,4);1H2. The molecule has 1 fully saturated rings. The maximum absolute atomic E-state index is 12.7. The SMILES string of the molecule is CCCCN1CCCCC1C(=O)Nc1c(C)cccc1C.Cl.O.O=S(=O)(O)O. The van der Waals surface area contributed by atoms with Gasteiger partial charge in [-0.15, -0.1) is 12.4 Å². The number of nitrogens with zero attached hydrogens (tertiary/aromatic N) is 1. The lowest BCUT2D eigenvalue weighted by atomic mass is 10.00. The Labute approximate surface area is 174 Å². The molecular formula is C18H33ClN2O6S. The molecule has 1 saturated heterocycles. The molecule has 1 unspecified atom stereocenters. The van der Waals surface area contributed by atoms with Crippen molar-refractivity contribution in [2.75, 3.05) is 18.4 Å². The topological polar surface area (TPSA) is 138 Å². The highest BCUT2D eigenvalue weighted by molar-refractivity contribution is 7.79. The van der Waals surface area contributed by atoms with E-state index >= 15 is 0 Å². The van der Waals surface area contributed by atoms with Gasteiger partial charge in [-0.05, 0) is 57.3 Å². The van der Waals surface area contributed by atoms with Crippen LogP contribution in [-0.2, 0) is 15.2 Å². The summed E-state index contributed by atoms with van der Waals surface area (Å²) >= 11 is 0. The average molecular weight is 441 g/mol. The number of piperidine rings is 1. The van der Waals surface area contributed by atoms with E-state index in [1.165, 1.54) is 19.3 Å². The van der Waals surface area contributed by atoms with Gasteiger partial charge in [-0.1, -0.05) is 38.0 Å². The predicted molar refractivity (Wildman–Crippen MR) is 114 cm³/mol. The first-order chi connectivity index (χ1) is 12.1.